The van der Waals surface area contributed by atoms with Gasteiger partial charge < -0.3 is 24.8 Å². The van der Waals surface area contributed by atoms with Crippen LogP contribution in [0.25, 0.3) is 32.7 Å². The van der Waals surface area contributed by atoms with Gasteiger partial charge >= 0.3 is 11.9 Å². The van der Waals surface area contributed by atoms with Gasteiger partial charge in [-0.2, -0.15) is 0 Å². The number of unbranched alkanes of at least 4 members (excludes halogenated alkanes) is 1. The standard InChI is InChI=1S/C38H43N5O6/c1-47-37(46)30-16-7-9-23-48-31-20-18-25-11-2-4-13-27(25)34(31)35-28-14-5-3-12-26(28)19-21-32(35)49-24-10-17-33(44)42-29(36(45)43-30)15-6-8-22-41-38(39)40/h2-5,7,9,11-14,18-21,29-30H,6,8,10,15-17,22-24H2,1H3,(H,42,44)(H,43,45)(H4,39,40,41)/p+1/b9-7+/t29-,30+/m1/s1. The number of esters is 1. The number of ether oxygens (including phenoxy) is 3. The Bertz CT molecular complexity index is 1850. The fourth-order valence-electron chi connectivity index (χ4n) is 5.98. The van der Waals surface area contributed by atoms with Gasteiger partial charge in [0.15, 0.2) is 0 Å². The van der Waals surface area contributed by atoms with Gasteiger partial charge in [0.25, 0.3) is 0 Å². The monoisotopic (exact) mass is 666 g/mol. The van der Waals surface area contributed by atoms with Crippen LogP contribution < -0.4 is 36.6 Å². The van der Waals surface area contributed by atoms with Gasteiger partial charge in [0.2, 0.25) is 11.8 Å². The second kappa shape index (κ2) is 17.0. The Morgan fingerprint density at radius 3 is 2.16 bits per heavy atom. The number of benzene rings is 4. The van der Waals surface area contributed by atoms with Crippen molar-refractivity contribution in [1.29, 1.82) is 0 Å². The third-order valence-electron chi connectivity index (χ3n) is 8.41. The van der Waals surface area contributed by atoms with E-state index >= 15 is 0 Å². The Morgan fingerprint density at radius 1 is 0.857 bits per heavy atom. The molecule has 4 aromatic carbocycles. The number of carbonyl (C=O) groups is 3. The molecular weight excluding hydrogens is 622 g/mol. The Hall–Kier alpha value is -5.58. The van der Waals surface area contributed by atoms with Crippen LogP contribution in [-0.4, -0.2) is 62.7 Å². The largest absolute Gasteiger partial charge is 0.493 e. The number of amides is 2. The number of hydrogen-bond donors (Lipinski definition) is 5. The fourth-order valence-corrected chi connectivity index (χ4v) is 5.98. The zero-order chi connectivity index (χ0) is 34.6. The molecule has 0 saturated carbocycles. The van der Waals surface area contributed by atoms with Crippen molar-refractivity contribution < 1.29 is 33.6 Å². The predicted molar refractivity (Wildman–Crippen MR) is 190 cm³/mol. The fraction of sp³-hybridized carbons (Fsp3) is 0.316. The van der Waals surface area contributed by atoms with Crippen molar-refractivity contribution in [3.8, 4) is 22.6 Å². The van der Waals surface area contributed by atoms with Crippen LogP contribution in [0.3, 0.4) is 0 Å². The van der Waals surface area contributed by atoms with E-state index in [2.05, 4.69) is 39.9 Å². The molecule has 0 unspecified atom stereocenters. The summed E-state index contributed by atoms with van der Waals surface area (Å²) in [7, 11) is 1.27. The molecule has 0 aliphatic carbocycles. The van der Waals surface area contributed by atoms with Gasteiger partial charge in [0.05, 0.1) is 20.3 Å². The molecule has 2 atom stereocenters. The first-order chi connectivity index (χ1) is 23.9. The maximum Gasteiger partial charge on any atom is 0.338 e. The summed E-state index contributed by atoms with van der Waals surface area (Å²) < 4.78 is 17.8. The number of nitrogens with two attached hydrogens (primary N) is 2. The lowest BCUT2D eigenvalue weighted by atomic mass is 9.92. The van der Waals surface area contributed by atoms with Crippen molar-refractivity contribution in [2.75, 3.05) is 26.9 Å². The third-order valence-corrected chi connectivity index (χ3v) is 8.41. The van der Waals surface area contributed by atoms with E-state index in [1.54, 1.807) is 6.08 Å². The zero-order valence-electron chi connectivity index (χ0n) is 27.7. The number of fused-ring (bicyclic) bond motifs is 7. The molecule has 11 nitrogen and oxygen atoms in total. The molecule has 1 aliphatic rings. The van der Waals surface area contributed by atoms with Crippen LogP contribution in [0.15, 0.2) is 84.9 Å². The van der Waals surface area contributed by atoms with Crippen LogP contribution in [0.1, 0.15) is 38.5 Å². The number of nitrogens with one attached hydrogen (secondary N) is 3. The molecule has 0 saturated heterocycles. The lowest BCUT2D eigenvalue weighted by molar-refractivity contribution is -0.459. The van der Waals surface area contributed by atoms with E-state index in [1.165, 1.54) is 7.11 Å². The first-order valence-electron chi connectivity index (χ1n) is 16.6. The lowest BCUT2D eigenvalue weighted by Gasteiger charge is -2.22. The number of rotatable bonds is 6. The molecule has 11 heteroatoms. The van der Waals surface area contributed by atoms with Gasteiger partial charge in [-0.3, -0.25) is 26.0 Å². The highest BCUT2D eigenvalue weighted by Gasteiger charge is 2.27. The van der Waals surface area contributed by atoms with Crippen molar-refractivity contribution in [2.45, 2.75) is 50.6 Å². The van der Waals surface area contributed by atoms with Gasteiger partial charge in [0, 0.05) is 17.5 Å². The van der Waals surface area contributed by atoms with E-state index in [1.807, 2.05) is 54.6 Å². The number of guanidine groups is 1. The van der Waals surface area contributed by atoms with Crippen molar-refractivity contribution in [3.63, 3.8) is 0 Å². The average molecular weight is 667 g/mol. The summed E-state index contributed by atoms with van der Waals surface area (Å²) in [6.45, 7) is 1.01. The Balaban J connectivity index is 1.48. The van der Waals surface area contributed by atoms with E-state index in [-0.39, 0.29) is 37.9 Å². The minimum atomic E-state index is -0.952. The molecule has 4 aromatic rings. The molecule has 1 aliphatic heterocycles. The quantitative estimate of drug-likeness (QED) is 0.0688. The van der Waals surface area contributed by atoms with Crippen LogP contribution in [0.4, 0.5) is 0 Å². The van der Waals surface area contributed by atoms with Crippen molar-refractivity contribution in [1.82, 2.24) is 10.6 Å². The van der Waals surface area contributed by atoms with Gasteiger partial charge in [-0.15, -0.1) is 0 Å². The highest BCUT2D eigenvalue weighted by Crippen LogP contribution is 2.45. The summed E-state index contributed by atoms with van der Waals surface area (Å²) in [5.41, 5.74) is 12.8. The smallest absolute Gasteiger partial charge is 0.338 e. The van der Waals surface area contributed by atoms with Crippen LogP contribution in [0.2, 0.25) is 0 Å². The Kier molecular flexibility index (Phi) is 12.1. The minimum absolute atomic E-state index is 0.118. The maximum atomic E-state index is 13.4. The normalized spacial score (nSPS) is 18.1. The summed E-state index contributed by atoms with van der Waals surface area (Å²) in [5, 5.41) is 9.76. The van der Waals surface area contributed by atoms with E-state index in [4.69, 9.17) is 25.7 Å². The Labute approximate surface area is 285 Å². The van der Waals surface area contributed by atoms with Crippen molar-refractivity contribution in [2.24, 2.45) is 11.5 Å². The van der Waals surface area contributed by atoms with Crippen LogP contribution >= 0.6 is 0 Å². The number of carbonyl (C=O) groups excluding carboxylic acids is 3. The summed E-state index contributed by atoms with van der Waals surface area (Å²) in [4.78, 5) is 42.1. The lowest BCUT2D eigenvalue weighted by Crippen LogP contribution is -2.78. The van der Waals surface area contributed by atoms with Crippen molar-refractivity contribution in [3.05, 3.63) is 84.9 Å². The highest BCUT2D eigenvalue weighted by molar-refractivity contribution is 6.09. The molecule has 0 fully saturated rings. The van der Waals surface area contributed by atoms with Gasteiger partial charge in [0.1, 0.15) is 30.2 Å². The van der Waals surface area contributed by atoms with Crippen LogP contribution in [0, 0.1) is 0 Å². The third kappa shape index (κ3) is 9.07. The zero-order valence-corrected chi connectivity index (χ0v) is 27.7. The van der Waals surface area contributed by atoms with Gasteiger partial charge in [-0.1, -0.05) is 72.8 Å². The SMILES string of the molecule is COC(=O)[C@@H]1C/C=C/COc2ccc3ccccc3c2-c2c(ccc3ccccc23)OCCCC(=O)N[C@H](CCCC[NH+]=C(N)N)C(=O)N1. The summed E-state index contributed by atoms with van der Waals surface area (Å²) in [6.07, 6.45) is 5.92. The van der Waals surface area contributed by atoms with E-state index in [9.17, 15) is 14.4 Å². The van der Waals surface area contributed by atoms with Gasteiger partial charge in [-0.25, -0.2) is 4.79 Å². The predicted octanol–water partition coefficient (Wildman–Crippen LogP) is 2.82. The van der Waals surface area contributed by atoms with E-state index in [0.717, 1.165) is 32.7 Å². The van der Waals surface area contributed by atoms with Crippen LogP contribution in [0.5, 0.6) is 11.5 Å². The van der Waals surface area contributed by atoms with E-state index < -0.39 is 24.0 Å². The molecular formula is C38H44N5O6+. The average Bonchev–Trinajstić information content (AvgIpc) is 3.11. The molecule has 1 heterocycles. The maximum absolute atomic E-state index is 13.4. The molecule has 256 valence electrons. The summed E-state index contributed by atoms with van der Waals surface area (Å²) >= 11 is 0. The second-order valence-electron chi connectivity index (χ2n) is 11.9. The Morgan fingerprint density at radius 2 is 1.51 bits per heavy atom. The summed E-state index contributed by atoms with van der Waals surface area (Å²) in [6, 6.07) is 22.4. The molecule has 0 radical (unpaired) electrons. The van der Waals surface area contributed by atoms with Gasteiger partial charge in [-0.05, 0) is 65.8 Å². The van der Waals surface area contributed by atoms with E-state index in [0.29, 0.717) is 43.7 Å². The molecule has 0 bridgehead atoms. The molecule has 0 spiro atoms. The van der Waals surface area contributed by atoms with Crippen LogP contribution in [-0.2, 0) is 19.1 Å². The topological polar surface area (TPSA) is 169 Å². The number of methoxy groups -OCH3 is 1. The molecule has 5 rings (SSSR count). The second-order valence-corrected chi connectivity index (χ2v) is 11.9. The number of hydrogen-bond acceptors (Lipinski definition) is 6. The minimum Gasteiger partial charge on any atom is -0.493 e. The molecule has 49 heavy (non-hydrogen) atoms. The first-order valence-corrected chi connectivity index (χ1v) is 16.6. The molecule has 0 aromatic heterocycles. The molecule has 2 amide bonds. The first kappa shape index (κ1) is 34.7. The van der Waals surface area contributed by atoms with Crippen molar-refractivity contribution >= 4 is 45.3 Å². The summed E-state index contributed by atoms with van der Waals surface area (Å²) in [5.74, 6) is 0.109. The molecule has 7 N–H and O–H groups in total. The highest BCUT2D eigenvalue weighted by atomic mass is 16.5.